The second-order valence-electron chi connectivity index (χ2n) is 7.40. The minimum atomic E-state index is -0.726. The molecule has 138 valence electrons. The van der Waals surface area contributed by atoms with Gasteiger partial charge in [-0.1, -0.05) is 39.3 Å². The van der Waals surface area contributed by atoms with Gasteiger partial charge < -0.3 is 14.6 Å². The van der Waals surface area contributed by atoms with Gasteiger partial charge in [-0.15, -0.1) is 0 Å². The molecule has 1 aliphatic carbocycles. The summed E-state index contributed by atoms with van der Waals surface area (Å²) in [5.41, 5.74) is 0.632. The van der Waals surface area contributed by atoms with Crippen molar-refractivity contribution in [2.24, 2.45) is 17.8 Å². The lowest BCUT2D eigenvalue weighted by Crippen LogP contribution is -2.36. The molecule has 3 atom stereocenters. The topological polar surface area (TPSA) is 72.8 Å². The van der Waals surface area contributed by atoms with Crippen molar-refractivity contribution in [3.8, 4) is 5.75 Å². The summed E-state index contributed by atoms with van der Waals surface area (Å²) in [6, 6.07) is 4.81. The minimum absolute atomic E-state index is 0.0548. The van der Waals surface area contributed by atoms with E-state index in [0.717, 1.165) is 19.3 Å². The number of carbonyl (C=O) groups excluding carboxylic acids is 2. The standard InChI is InChI=1S/C20H28O5/c1-12(2)15-9-8-13(3)10-17(15)25-18(21)11-24-20(23)16-7-5-6-14(4)19(16)22/h5-7,12-13,15,17,22H,8-11H2,1-4H3. The quantitative estimate of drug-likeness (QED) is 0.818. The van der Waals surface area contributed by atoms with Gasteiger partial charge in [0.25, 0.3) is 0 Å². The fourth-order valence-electron chi connectivity index (χ4n) is 3.48. The molecule has 0 amide bonds. The number of aryl methyl sites for hydroxylation is 1. The van der Waals surface area contributed by atoms with Gasteiger partial charge in [-0.3, -0.25) is 0 Å². The van der Waals surface area contributed by atoms with E-state index in [2.05, 4.69) is 20.8 Å². The van der Waals surface area contributed by atoms with Crippen LogP contribution in [0, 0.1) is 24.7 Å². The van der Waals surface area contributed by atoms with Gasteiger partial charge in [-0.25, -0.2) is 9.59 Å². The van der Waals surface area contributed by atoms with Crippen molar-refractivity contribution in [1.29, 1.82) is 0 Å². The molecule has 1 aliphatic rings. The summed E-state index contributed by atoms with van der Waals surface area (Å²) in [5.74, 6) is -0.0731. The van der Waals surface area contributed by atoms with Crippen molar-refractivity contribution in [2.75, 3.05) is 6.61 Å². The van der Waals surface area contributed by atoms with Gasteiger partial charge in [-0.2, -0.15) is 0 Å². The summed E-state index contributed by atoms with van der Waals surface area (Å²) < 4.78 is 10.6. The molecule has 25 heavy (non-hydrogen) atoms. The van der Waals surface area contributed by atoms with E-state index < -0.39 is 18.5 Å². The molecule has 5 nitrogen and oxygen atoms in total. The zero-order valence-corrected chi connectivity index (χ0v) is 15.5. The van der Waals surface area contributed by atoms with Crippen LogP contribution in [0.15, 0.2) is 18.2 Å². The normalized spacial score (nSPS) is 23.3. The maximum atomic E-state index is 12.1. The number of phenolic OH excluding ortho intramolecular Hbond substituents is 1. The molecule has 1 saturated carbocycles. The molecule has 1 N–H and O–H groups in total. The third kappa shape index (κ3) is 4.97. The lowest BCUT2D eigenvalue weighted by atomic mass is 9.75. The third-order valence-corrected chi connectivity index (χ3v) is 5.02. The van der Waals surface area contributed by atoms with Crippen molar-refractivity contribution >= 4 is 11.9 Å². The van der Waals surface area contributed by atoms with E-state index in [1.54, 1.807) is 19.1 Å². The molecule has 1 aromatic carbocycles. The van der Waals surface area contributed by atoms with Crippen molar-refractivity contribution in [3.63, 3.8) is 0 Å². The van der Waals surface area contributed by atoms with E-state index in [1.165, 1.54) is 6.07 Å². The number of aromatic hydroxyl groups is 1. The lowest BCUT2D eigenvalue weighted by Gasteiger charge is -2.36. The number of esters is 2. The van der Waals surface area contributed by atoms with Crippen LogP contribution in [-0.2, 0) is 14.3 Å². The van der Waals surface area contributed by atoms with Crippen LogP contribution in [0.5, 0.6) is 5.75 Å². The van der Waals surface area contributed by atoms with Gasteiger partial charge in [0.1, 0.15) is 17.4 Å². The first-order valence-corrected chi connectivity index (χ1v) is 8.94. The van der Waals surface area contributed by atoms with Crippen LogP contribution in [0.25, 0.3) is 0 Å². The molecule has 5 heteroatoms. The Morgan fingerprint density at radius 2 is 2.00 bits per heavy atom. The summed E-state index contributed by atoms with van der Waals surface area (Å²) in [7, 11) is 0. The molecular formula is C20H28O5. The van der Waals surface area contributed by atoms with E-state index in [0.29, 0.717) is 23.3 Å². The van der Waals surface area contributed by atoms with Crippen LogP contribution in [0.1, 0.15) is 56.0 Å². The number of carbonyl (C=O) groups is 2. The number of benzene rings is 1. The summed E-state index contributed by atoms with van der Waals surface area (Å²) in [5, 5.41) is 9.90. The summed E-state index contributed by atoms with van der Waals surface area (Å²) in [4.78, 5) is 24.2. The Balaban J connectivity index is 1.91. The molecule has 0 radical (unpaired) electrons. The Morgan fingerprint density at radius 3 is 2.68 bits per heavy atom. The van der Waals surface area contributed by atoms with Crippen LogP contribution in [-0.4, -0.2) is 29.8 Å². The van der Waals surface area contributed by atoms with Crippen molar-refractivity contribution < 1.29 is 24.2 Å². The van der Waals surface area contributed by atoms with Crippen LogP contribution >= 0.6 is 0 Å². The zero-order chi connectivity index (χ0) is 18.6. The maximum Gasteiger partial charge on any atom is 0.344 e. The van der Waals surface area contributed by atoms with E-state index in [9.17, 15) is 14.7 Å². The van der Waals surface area contributed by atoms with E-state index in [4.69, 9.17) is 9.47 Å². The van der Waals surface area contributed by atoms with Crippen molar-refractivity contribution in [1.82, 2.24) is 0 Å². The monoisotopic (exact) mass is 348 g/mol. The Labute approximate surface area is 149 Å². The van der Waals surface area contributed by atoms with Gasteiger partial charge in [0.15, 0.2) is 6.61 Å². The smallest absolute Gasteiger partial charge is 0.344 e. The van der Waals surface area contributed by atoms with Gasteiger partial charge in [0.05, 0.1) is 0 Å². The number of phenols is 1. The minimum Gasteiger partial charge on any atom is -0.507 e. The zero-order valence-electron chi connectivity index (χ0n) is 15.5. The molecule has 0 saturated heterocycles. The fourth-order valence-corrected chi connectivity index (χ4v) is 3.48. The molecule has 1 aromatic rings. The summed E-state index contributed by atoms with van der Waals surface area (Å²) in [6.45, 7) is 7.70. The average Bonchev–Trinajstić information content (AvgIpc) is 2.55. The van der Waals surface area contributed by atoms with Gasteiger partial charge in [-0.05, 0) is 49.1 Å². The highest BCUT2D eigenvalue weighted by molar-refractivity contribution is 5.93. The molecule has 3 unspecified atom stereocenters. The highest BCUT2D eigenvalue weighted by atomic mass is 16.6. The van der Waals surface area contributed by atoms with E-state index in [-0.39, 0.29) is 17.4 Å². The molecule has 0 bridgehead atoms. The van der Waals surface area contributed by atoms with Crippen LogP contribution in [0.3, 0.4) is 0 Å². The maximum absolute atomic E-state index is 12.1. The second-order valence-corrected chi connectivity index (χ2v) is 7.40. The fraction of sp³-hybridized carbons (Fsp3) is 0.600. The van der Waals surface area contributed by atoms with E-state index in [1.807, 2.05) is 0 Å². The van der Waals surface area contributed by atoms with Crippen LogP contribution < -0.4 is 0 Å². The molecule has 0 heterocycles. The van der Waals surface area contributed by atoms with Crippen LogP contribution in [0.4, 0.5) is 0 Å². The van der Waals surface area contributed by atoms with Gasteiger partial charge in [0, 0.05) is 0 Å². The molecule has 2 rings (SSSR count). The second kappa shape index (κ2) is 8.37. The lowest BCUT2D eigenvalue weighted by molar-refractivity contribution is -0.159. The molecule has 0 aliphatic heterocycles. The highest BCUT2D eigenvalue weighted by Crippen LogP contribution is 2.35. The third-order valence-electron chi connectivity index (χ3n) is 5.02. The van der Waals surface area contributed by atoms with Gasteiger partial charge in [0.2, 0.25) is 0 Å². The Morgan fingerprint density at radius 1 is 1.28 bits per heavy atom. The van der Waals surface area contributed by atoms with Crippen LogP contribution in [0.2, 0.25) is 0 Å². The van der Waals surface area contributed by atoms with Crippen molar-refractivity contribution in [3.05, 3.63) is 29.3 Å². The highest BCUT2D eigenvalue weighted by Gasteiger charge is 2.33. The van der Waals surface area contributed by atoms with Crippen molar-refractivity contribution in [2.45, 2.75) is 53.1 Å². The number of rotatable bonds is 5. The Hall–Kier alpha value is -2.04. The molecule has 0 spiro atoms. The average molecular weight is 348 g/mol. The largest absolute Gasteiger partial charge is 0.507 e. The molecular weight excluding hydrogens is 320 g/mol. The number of para-hydroxylation sites is 1. The first-order valence-electron chi connectivity index (χ1n) is 8.94. The Kier molecular flexibility index (Phi) is 6.45. The van der Waals surface area contributed by atoms with E-state index >= 15 is 0 Å². The van der Waals surface area contributed by atoms with Gasteiger partial charge >= 0.3 is 11.9 Å². The predicted molar refractivity (Wildman–Crippen MR) is 94.3 cm³/mol. The number of hydrogen-bond acceptors (Lipinski definition) is 5. The number of hydrogen-bond donors (Lipinski definition) is 1. The number of ether oxygens (including phenoxy) is 2. The Bertz CT molecular complexity index is 623. The summed E-state index contributed by atoms with van der Waals surface area (Å²) in [6.07, 6.45) is 2.93. The molecule has 1 fully saturated rings. The molecule has 0 aromatic heterocycles. The summed E-state index contributed by atoms with van der Waals surface area (Å²) >= 11 is 0. The first kappa shape index (κ1) is 19.3. The first-order chi connectivity index (χ1) is 11.8. The predicted octanol–water partition coefficient (Wildman–Crippen LogP) is 3.86. The SMILES string of the molecule is Cc1cccc(C(=O)OCC(=O)OC2CC(C)CCC2C(C)C)c1O.